The molecule has 4 aromatic rings. The number of hydrogen-bond acceptors (Lipinski definition) is 9. The normalized spacial score (nSPS) is 22.0. The van der Waals surface area contributed by atoms with Crippen molar-refractivity contribution in [2.45, 2.75) is 96.8 Å². The van der Waals surface area contributed by atoms with E-state index in [1.807, 2.05) is 32.2 Å². The first-order valence-corrected chi connectivity index (χ1v) is 22.3. The summed E-state index contributed by atoms with van der Waals surface area (Å²) in [6.07, 6.45) is 9.09. The molecule has 4 aliphatic rings. The Morgan fingerprint density at radius 1 is 1.03 bits per heavy atom. The van der Waals surface area contributed by atoms with Gasteiger partial charge in [0, 0.05) is 73.4 Å². The zero-order valence-electron chi connectivity index (χ0n) is 36.9. The van der Waals surface area contributed by atoms with Gasteiger partial charge in [-0.1, -0.05) is 46.4 Å². The number of aromatic hydroxyl groups is 1. The lowest BCUT2D eigenvalue weighted by molar-refractivity contribution is -0.155. The lowest BCUT2D eigenvalue weighted by atomic mass is 9.84. The maximum atomic E-state index is 14.7. The van der Waals surface area contributed by atoms with Gasteiger partial charge in [-0.2, -0.15) is 0 Å². The fourth-order valence-corrected chi connectivity index (χ4v) is 9.76. The van der Waals surface area contributed by atoms with Gasteiger partial charge in [0.15, 0.2) is 0 Å². The summed E-state index contributed by atoms with van der Waals surface area (Å²) < 4.78 is 8.52. The van der Waals surface area contributed by atoms with Crippen molar-refractivity contribution in [1.29, 1.82) is 0 Å². The summed E-state index contributed by atoms with van der Waals surface area (Å²) in [5.74, 6) is -2.77. The molecule has 0 radical (unpaired) electrons. The smallest absolute Gasteiger partial charge is 0.324 e. The molecule has 3 N–H and O–H groups in total. The van der Waals surface area contributed by atoms with Gasteiger partial charge in [0.2, 0.25) is 17.7 Å². The second kappa shape index (κ2) is 17.6. The second-order valence-corrected chi connectivity index (χ2v) is 18.9. The molecular formula is C49H59N7O7. The van der Waals surface area contributed by atoms with Crippen LogP contribution in [0.5, 0.6) is 5.75 Å². The van der Waals surface area contributed by atoms with Crippen molar-refractivity contribution in [3.63, 3.8) is 0 Å². The number of fused-ring (bicyclic) bond motifs is 6. The number of carbonyl (C=O) groups is 5. The van der Waals surface area contributed by atoms with E-state index < -0.39 is 47.2 Å². The standard InChI is InChI=1S/C49H59N7O7/c1-7-42(58)54-19-16-33(27-54)46(60)53(6)43(29(2)3)45(59)51-40-22-30-20-34(23-36(57)21-30)31-12-15-41-37(24-31)38(44(56(41)35-13-14-35)32-10-8-17-50-26-32)25-49(4,5)28-63-48(62)39-11-9-18-55(52-39)47(40)61/h7-8,10,12,15,17,20-21,23-24,26,29,33,35,39-40,43,52,57H,1,9,11,13-14,16,18-19,22,25,27-28H2,2-6H3,(H,51,59)/t33-,39-,40-,43?/m0/s1. The molecule has 14 heteroatoms. The van der Waals surface area contributed by atoms with Crippen LogP contribution in [0.2, 0.25) is 0 Å². The number of likely N-dealkylation sites (N-methyl/N-ethyl adjacent to an activating group) is 1. The number of cyclic esters (lactones) is 1. The Kier molecular flexibility index (Phi) is 12.2. The molecule has 3 fully saturated rings. The van der Waals surface area contributed by atoms with E-state index in [4.69, 9.17) is 4.74 Å². The molecule has 63 heavy (non-hydrogen) atoms. The lowest BCUT2D eigenvalue weighted by Gasteiger charge is -2.37. The number of phenolic OH excluding ortho intramolecular Hbond substituents is 1. The van der Waals surface area contributed by atoms with Gasteiger partial charge < -0.3 is 29.5 Å². The number of likely N-dealkylation sites (tertiary alicyclic amines) is 1. The first-order chi connectivity index (χ1) is 30.1. The average molecular weight is 858 g/mol. The lowest BCUT2D eigenvalue weighted by Crippen LogP contribution is -2.62. The Hall–Kier alpha value is -6.02. The molecule has 8 rings (SSSR count). The third kappa shape index (κ3) is 9.09. The SMILES string of the molecule is C=CC(=O)N1CC[C@H](C(=O)N(C)C(C(=O)N[C@H]2Cc3cc(O)cc(c3)-c3ccc4c(c3)c(c(-c3cccnc3)n4C3CC3)CC(C)(C)COC(=O)[C@@H]3CCCN(N3)C2=O)C(C)C)C1. The van der Waals surface area contributed by atoms with Gasteiger partial charge >= 0.3 is 5.97 Å². The molecule has 0 spiro atoms. The number of pyridine rings is 1. The van der Waals surface area contributed by atoms with Crippen molar-refractivity contribution < 1.29 is 33.8 Å². The third-order valence-electron chi connectivity index (χ3n) is 13.0. The van der Waals surface area contributed by atoms with Crippen LogP contribution in [0, 0.1) is 17.3 Å². The quantitative estimate of drug-likeness (QED) is 0.152. The van der Waals surface area contributed by atoms with Crippen LogP contribution >= 0.6 is 0 Å². The van der Waals surface area contributed by atoms with Gasteiger partial charge in [-0.15, -0.1) is 0 Å². The number of amides is 4. The molecule has 2 saturated heterocycles. The Morgan fingerprint density at radius 3 is 2.54 bits per heavy atom. The second-order valence-electron chi connectivity index (χ2n) is 18.9. The van der Waals surface area contributed by atoms with E-state index in [2.05, 4.69) is 65.0 Å². The zero-order valence-corrected chi connectivity index (χ0v) is 36.9. The maximum absolute atomic E-state index is 14.7. The van der Waals surface area contributed by atoms with Crippen LogP contribution in [0.1, 0.15) is 77.0 Å². The number of ether oxygens (including phenoxy) is 1. The molecule has 2 aromatic carbocycles. The number of aromatic nitrogens is 2. The summed E-state index contributed by atoms with van der Waals surface area (Å²) in [5.41, 5.74) is 9.18. The van der Waals surface area contributed by atoms with E-state index in [9.17, 15) is 29.1 Å². The highest BCUT2D eigenvalue weighted by atomic mass is 16.5. The van der Waals surface area contributed by atoms with Gasteiger partial charge in [-0.25, -0.2) is 5.43 Å². The predicted molar refractivity (Wildman–Crippen MR) is 239 cm³/mol. The van der Waals surface area contributed by atoms with Gasteiger partial charge in [-0.3, -0.25) is 34.0 Å². The van der Waals surface area contributed by atoms with E-state index >= 15 is 0 Å². The molecular weight excluding hydrogens is 799 g/mol. The number of nitrogens with zero attached hydrogens (tertiary/aromatic N) is 5. The van der Waals surface area contributed by atoms with E-state index in [0.717, 1.165) is 51.7 Å². The van der Waals surface area contributed by atoms with E-state index in [-0.39, 0.29) is 49.6 Å². The van der Waals surface area contributed by atoms with Crippen molar-refractivity contribution in [2.24, 2.45) is 17.3 Å². The summed E-state index contributed by atoms with van der Waals surface area (Å²) in [5, 5.41) is 16.7. The van der Waals surface area contributed by atoms with Crippen LogP contribution < -0.4 is 10.7 Å². The minimum atomic E-state index is -1.15. The number of hydrogen-bond donors (Lipinski definition) is 3. The van der Waals surface area contributed by atoms with Crippen molar-refractivity contribution in [1.82, 2.24) is 35.1 Å². The third-order valence-corrected chi connectivity index (χ3v) is 13.0. The van der Waals surface area contributed by atoms with Crippen molar-refractivity contribution in [3.8, 4) is 28.1 Å². The summed E-state index contributed by atoms with van der Waals surface area (Å²) in [4.78, 5) is 76.6. The van der Waals surface area contributed by atoms with Crippen LogP contribution in [0.4, 0.5) is 0 Å². The molecule has 332 valence electrons. The van der Waals surface area contributed by atoms with Crippen LogP contribution in [0.15, 0.2) is 73.6 Å². The Labute approximate surface area is 368 Å². The molecule has 1 unspecified atom stereocenters. The largest absolute Gasteiger partial charge is 0.508 e. The summed E-state index contributed by atoms with van der Waals surface area (Å²) in [6, 6.07) is 13.1. The van der Waals surface area contributed by atoms with E-state index in [1.165, 1.54) is 16.0 Å². The van der Waals surface area contributed by atoms with Gasteiger partial charge in [0.05, 0.1) is 18.2 Å². The summed E-state index contributed by atoms with van der Waals surface area (Å²) in [7, 11) is 1.59. The van der Waals surface area contributed by atoms with Gasteiger partial charge in [-0.05, 0) is 109 Å². The highest BCUT2D eigenvalue weighted by molar-refractivity contribution is 5.96. The van der Waals surface area contributed by atoms with Gasteiger partial charge in [0.1, 0.15) is 23.9 Å². The van der Waals surface area contributed by atoms with E-state index in [1.54, 1.807) is 30.3 Å². The minimum Gasteiger partial charge on any atom is -0.508 e. The molecule has 3 aliphatic heterocycles. The molecule has 1 aliphatic carbocycles. The van der Waals surface area contributed by atoms with Gasteiger partial charge in [0.25, 0.3) is 5.91 Å². The Balaban J connectivity index is 1.18. The number of rotatable bonds is 8. The number of phenols is 1. The molecule has 1 saturated carbocycles. The number of hydrazine groups is 1. The molecule has 6 bridgehead atoms. The van der Waals surface area contributed by atoms with Crippen molar-refractivity contribution in [2.75, 3.05) is 33.3 Å². The van der Waals surface area contributed by atoms with Crippen molar-refractivity contribution in [3.05, 3.63) is 84.7 Å². The average Bonchev–Trinajstić information content (AvgIpc) is 3.90. The highest BCUT2D eigenvalue weighted by Gasteiger charge is 2.40. The number of benzene rings is 2. The monoisotopic (exact) mass is 857 g/mol. The van der Waals surface area contributed by atoms with Crippen LogP contribution in [0.3, 0.4) is 0 Å². The first kappa shape index (κ1) is 43.6. The molecule has 5 heterocycles. The molecule has 2 aromatic heterocycles. The number of esters is 1. The summed E-state index contributed by atoms with van der Waals surface area (Å²) in [6.45, 7) is 12.5. The predicted octanol–water partition coefficient (Wildman–Crippen LogP) is 5.58. The minimum absolute atomic E-state index is 0.00678. The Morgan fingerprint density at radius 2 is 1.83 bits per heavy atom. The van der Waals surface area contributed by atoms with E-state index in [0.29, 0.717) is 43.8 Å². The number of carbonyl (C=O) groups excluding carboxylic acids is 5. The maximum Gasteiger partial charge on any atom is 0.324 e. The number of nitrogens with one attached hydrogen (secondary N) is 2. The van der Waals surface area contributed by atoms with Crippen LogP contribution in [0.25, 0.3) is 33.3 Å². The van der Waals surface area contributed by atoms with Crippen LogP contribution in [-0.4, -0.2) is 110 Å². The first-order valence-electron chi connectivity index (χ1n) is 22.3. The topological polar surface area (TPSA) is 166 Å². The zero-order chi connectivity index (χ0) is 44.7. The van der Waals surface area contributed by atoms with Crippen molar-refractivity contribution >= 4 is 40.5 Å². The molecule has 4 amide bonds. The molecule has 14 nitrogen and oxygen atoms in total. The fourth-order valence-electron chi connectivity index (χ4n) is 9.76. The fraction of sp³-hybridized carbons (Fsp3) is 0.469. The molecule has 4 atom stereocenters. The Bertz CT molecular complexity index is 2440. The van der Waals surface area contributed by atoms with Crippen LogP contribution in [-0.2, 0) is 41.6 Å². The highest BCUT2D eigenvalue weighted by Crippen LogP contribution is 2.47. The summed E-state index contributed by atoms with van der Waals surface area (Å²) >= 11 is 0.